The Labute approximate surface area is 155 Å². The molecule has 1 aromatic carbocycles. The van der Waals surface area contributed by atoms with E-state index in [1.807, 2.05) is 60.7 Å². The molecule has 0 fully saturated rings. The molecule has 0 aliphatic carbocycles. The summed E-state index contributed by atoms with van der Waals surface area (Å²) in [5, 5.41) is 11.7. The van der Waals surface area contributed by atoms with E-state index in [2.05, 4.69) is 15.0 Å². The van der Waals surface area contributed by atoms with Crippen LogP contribution in [0.4, 0.5) is 5.69 Å². The summed E-state index contributed by atoms with van der Waals surface area (Å²) >= 11 is 0. The number of benzene rings is 1. The fourth-order valence-electron chi connectivity index (χ4n) is 3.00. The van der Waals surface area contributed by atoms with Gasteiger partial charge in [-0.15, -0.1) is 0 Å². The van der Waals surface area contributed by atoms with Crippen molar-refractivity contribution in [3.63, 3.8) is 0 Å². The van der Waals surface area contributed by atoms with Gasteiger partial charge in [0, 0.05) is 30.2 Å². The number of aromatic nitrogens is 3. The maximum atomic E-state index is 11.7. The Bertz CT molecular complexity index is 1100. The molecule has 0 radical (unpaired) electrons. The van der Waals surface area contributed by atoms with Gasteiger partial charge in [0.25, 0.3) is 5.69 Å². The second kappa shape index (κ2) is 7.13. The fourth-order valence-corrected chi connectivity index (χ4v) is 3.00. The van der Waals surface area contributed by atoms with E-state index in [0.717, 1.165) is 11.3 Å². The van der Waals surface area contributed by atoms with Crippen LogP contribution in [-0.4, -0.2) is 19.9 Å². The first-order valence-electron chi connectivity index (χ1n) is 8.31. The number of rotatable bonds is 4. The fraction of sp³-hybridized carbons (Fsp3) is 0. The summed E-state index contributed by atoms with van der Waals surface area (Å²) in [7, 11) is 0. The maximum Gasteiger partial charge on any atom is 0.280 e. The Balaban J connectivity index is 2.02. The van der Waals surface area contributed by atoms with Gasteiger partial charge in [-0.1, -0.05) is 36.4 Å². The normalized spacial score (nSPS) is 10.5. The summed E-state index contributed by atoms with van der Waals surface area (Å²) in [6.45, 7) is 0. The molecule has 0 aliphatic heterocycles. The Morgan fingerprint density at radius 3 is 2.19 bits per heavy atom. The topological polar surface area (TPSA) is 81.8 Å². The predicted molar refractivity (Wildman–Crippen MR) is 103 cm³/mol. The van der Waals surface area contributed by atoms with Crippen molar-refractivity contribution >= 4 is 5.69 Å². The molecule has 4 aromatic rings. The number of hydrogen-bond donors (Lipinski definition) is 0. The predicted octanol–water partition coefficient (Wildman–Crippen LogP) is 4.78. The summed E-state index contributed by atoms with van der Waals surface area (Å²) in [6, 6.07) is 19.9. The van der Waals surface area contributed by atoms with E-state index < -0.39 is 4.92 Å². The molecule has 0 spiro atoms. The highest BCUT2D eigenvalue weighted by Crippen LogP contribution is 2.39. The van der Waals surface area contributed by atoms with Crippen LogP contribution >= 0.6 is 0 Å². The maximum absolute atomic E-state index is 11.7. The minimum atomic E-state index is -0.392. The highest BCUT2D eigenvalue weighted by Gasteiger charge is 2.24. The van der Waals surface area contributed by atoms with Crippen LogP contribution in [0, 0.1) is 10.1 Å². The van der Waals surface area contributed by atoms with Gasteiger partial charge in [-0.05, 0) is 29.8 Å². The zero-order chi connectivity index (χ0) is 18.6. The van der Waals surface area contributed by atoms with Crippen LogP contribution < -0.4 is 0 Å². The lowest BCUT2D eigenvalue weighted by Gasteiger charge is -2.12. The van der Waals surface area contributed by atoms with Gasteiger partial charge in [0.15, 0.2) is 0 Å². The highest BCUT2D eigenvalue weighted by molar-refractivity contribution is 5.90. The van der Waals surface area contributed by atoms with Gasteiger partial charge in [0.1, 0.15) is 5.69 Å². The number of pyridine rings is 3. The van der Waals surface area contributed by atoms with Crippen molar-refractivity contribution in [3.8, 4) is 33.8 Å². The minimum absolute atomic E-state index is 0.0103. The molecular formula is C21H14N4O2. The van der Waals surface area contributed by atoms with Crippen LogP contribution in [0.15, 0.2) is 85.3 Å². The van der Waals surface area contributed by atoms with Crippen LogP contribution in [0.25, 0.3) is 33.8 Å². The van der Waals surface area contributed by atoms with E-state index in [-0.39, 0.29) is 5.69 Å². The van der Waals surface area contributed by atoms with Crippen molar-refractivity contribution in [2.24, 2.45) is 0 Å². The Morgan fingerprint density at radius 2 is 1.44 bits per heavy atom. The van der Waals surface area contributed by atoms with Gasteiger partial charge >= 0.3 is 0 Å². The molecule has 0 saturated heterocycles. The molecule has 27 heavy (non-hydrogen) atoms. The van der Waals surface area contributed by atoms with Gasteiger partial charge in [0.05, 0.1) is 21.9 Å². The third-order valence-electron chi connectivity index (χ3n) is 4.16. The van der Waals surface area contributed by atoms with Crippen molar-refractivity contribution in [1.29, 1.82) is 0 Å². The average molecular weight is 354 g/mol. The Morgan fingerprint density at radius 1 is 0.704 bits per heavy atom. The molecule has 6 heteroatoms. The summed E-state index contributed by atoms with van der Waals surface area (Å²) in [6.07, 6.45) is 4.79. The molecule has 3 heterocycles. The van der Waals surface area contributed by atoms with Gasteiger partial charge in [0.2, 0.25) is 0 Å². The first-order valence-corrected chi connectivity index (χ1v) is 8.31. The van der Waals surface area contributed by atoms with Crippen molar-refractivity contribution in [1.82, 2.24) is 15.0 Å². The smallest absolute Gasteiger partial charge is 0.258 e. The second-order valence-corrected chi connectivity index (χ2v) is 5.79. The van der Waals surface area contributed by atoms with E-state index in [1.165, 1.54) is 12.3 Å². The highest BCUT2D eigenvalue weighted by atomic mass is 16.6. The van der Waals surface area contributed by atoms with Crippen LogP contribution in [-0.2, 0) is 0 Å². The largest absolute Gasteiger partial charge is 0.280 e. The van der Waals surface area contributed by atoms with Gasteiger partial charge in [-0.2, -0.15) is 0 Å². The standard InChI is InChI=1S/C21H14N4O2/c26-25(27)18-11-14-24-21(19(18)15-7-2-1-3-8-15)20-16(9-6-13-23-20)17-10-4-5-12-22-17/h1-14H. The van der Waals surface area contributed by atoms with Crippen LogP contribution in [0.1, 0.15) is 0 Å². The number of nitrogens with zero attached hydrogens (tertiary/aromatic N) is 4. The lowest BCUT2D eigenvalue weighted by Crippen LogP contribution is -1.99. The van der Waals surface area contributed by atoms with Crippen molar-refractivity contribution < 1.29 is 4.92 Å². The molecule has 6 nitrogen and oxygen atoms in total. The quantitative estimate of drug-likeness (QED) is 0.389. The molecule has 0 amide bonds. The minimum Gasteiger partial charge on any atom is -0.258 e. The second-order valence-electron chi connectivity index (χ2n) is 5.79. The van der Waals surface area contributed by atoms with Crippen LogP contribution in [0.3, 0.4) is 0 Å². The van der Waals surface area contributed by atoms with Crippen molar-refractivity contribution in [2.75, 3.05) is 0 Å². The molecule has 0 saturated carbocycles. The van der Waals surface area contributed by atoms with Crippen LogP contribution in [0.5, 0.6) is 0 Å². The van der Waals surface area contributed by atoms with Gasteiger partial charge in [-0.25, -0.2) is 0 Å². The lowest BCUT2D eigenvalue weighted by atomic mass is 9.97. The molecule has 0 unspecified atom stereocenters. The third-order valence-corrected chi connectivity index (χ3v) is 4.16. The monoisotopic (exact) mass is 354 g/mol. The Kier molecular flexibility index (Phi) is 4.37. The molecule has 0 aliphatic rings. The van der Waals surface area contributed by atoms with E-state index in [9.17, 15) is 10.1 Å². The summed E-state index contributed by atoms with van der Waals surface area (Å²) in [5.74, 6) is 0. The molecule has 130 valence electrons. The van der Waals surface area contributed by atoms with E-state index >= 15 is 0 Å². The summed E-state index contributed by atoms with van der Waals surface area (Å²) in [4.78, 5) is 24.6. The zero-order valence-electron chi connectivity index (χ0n) is 14.2. The van der Waals surface area contributed by atoms with Gasteiger partial charge < -0.3 is 0 Å². The van der Waals surface area contributed by atoms with E-state index in [1.54, 1.807) is 12.4 Å². The molecule has 4 rings (SSSR count). The summed E-state index contributed by atoms with van der Waals surface area (Å²) < 4.78 is 0. The average Bonchev–Trinajstić information content (AvgIpc) is 2.74. The van der Waals surface area contributed by atoms with Crippen LogP contribution in [0.2, 0.25) is 0 Å². The number of hydrogen-bond acceptors (Lipinski definition) is 5. The molecule has 3 aromatic heterocycles. The van der Waals surface area contributed by atoms with Gasteiger partial charge in [-0.3, -0.25) is 25.1 Å². The SMILES string of the molecule is O=[N+]([O-])c1ccnc(-c2ncccc2-c2ccccn2)c1-c1ccccc1. The first kappa shape index (κ1) is 16.5. The van der Waals surface area contributed by atoms with E-state index in [4.69, 9.17) is 0 Å². The molecule has 0 bridgehead atoms. The number of nitro groups is 1. The summed E-state index contributed by atoms with van der Waals surface area (Å²) in [5.41, 5.74) is 3.65. The molecule has 0 atom stereocenters. The van der Waals surface area contributed by atoms with E-state index in [0.29, 0.717) is 22.5 Å². The third kappa shape index (κ3) is 3.16. The molecular weight excluding hydrogens is 340 g/mol. The molecule has 0 N–H and O–H groups in total. The Hall–Kier alpha value is -3.93. The van der Waals surface area contributed by atoms with Crippen molar-refractivity contribution in [3.05, 3.63) is 95.4 Å². The lowest BCUT2D eigenvalue weighted by molar-refractivity contribution is -0.384. The van der Waals surface area contributed by atoms with Crippen molar-refractivity contribution in [2.45, 2.75) is 0 Å². The zero-order valence-corrected chi connectivity index (χ0v) is 14.2. The first-order chi connectivity index (χ1) is 13.3.